The van der Waals surface area contributed by atoms with Gasteiger partial charge in [-0.05, 0) is 37.0 Å². The highest BCUT2D eigenvalue weighted by molar-refractivity contribution is 5.82. The molecule has 1 atom stereocenters. The van der Waals surface area contributed by atoms with Gasteiger partial charge in [0.15, 0.2) is 0 Å². The van der Waals surface area contributed by atoms with Gasteiger partial charge in [0.25, 0.3) is 0 Å². The van der Waals surface area contributed by atoms with Crippen LogP contribution in [0.3, 0.4) is 0 Å². The van der Waals surface area contributed by atoms with Gasteiger partial charge in [-0.2, -0.15) is 0 Å². The zero-order valence-electron chi connectivity index (χ0n) is 12.5. The number of carboxylic acids is 1. The number of carbonyl (C=O) groups excluding carboxylic acids is 1. The number of carbonyl (C=O) groups is 2. The number of amides is 2. The van der Waals surface area contributed by atoms with E-state index in [9.17, 15) is 9.59 Å². The molecule has 2 N–H and O–H groups in total. The zero-order chi connectivity index (χ0) is 14.8. The van der Waals surface area contributed by atoms with E-state index in [2.05, 4.69) is 5.32 Å². The van der Waals surface area contributed by atoms with Crippen LogP contribution in [0.5, 0.6) is 0 Å². The quantitative estimate of drug-likeness (QED) is 0.835. The monoisotopic (exact) mass is 282 g/mol. The molecule has 0 radical (unpaired) electrons. The van der Waals surface area contributed by atoms with Crippen molar-refractivity contribution in [1.82, 2.24) is 10.2 Å². The maximum Gasteiger partial charge on any atom is 0.326 e. The molecule has 0 aromatic rings. The molecule has 0 aromatic carbocycles. The predicted octanol–water partition coefficient (Wildman–Crippen LogP) is 2.46. The van der Waals surface area contributed by atoms with Crippen LogP contribution in [0.1, 0.15) is 52.4 Å². The molecule has 2 rings (SSSR count). The highest BCUT2D eigenvalue weighted by Gasteiger charge is 2.38. The van der Waals surface area contributed by atoms with Crippen molar-refractivity contribution >= 4 is 12.0 Å². The van der Waals surface area contributed by atoms with E-state index in [0.717, 1.165) is 25.9 Å². The molecule has 2 aliphatic rings. The van der Waals surface area contributed by atoms with Crippen LogP contribution in [0.15, 0.2) is 0 Å². The Morgan fingerprint density at radius 3 is 2.10 bits per heavy atom. The first-order valence-corrected chi connectivity index (χ1v) is 7.72. The lowest BCUT2D eigenvalue weighted by Crippen LogP contribution is -2.52. The molecular formula is C15H26N2O3. The Kier molecular flexibility index (Phi) is 4.55. The first kappa shape index (κ1) is 15.1. The fourth-order valence-corrected chi connectivity index (χ4v) is 3.55. The molecule has 2 amide bonds. The van der Waals surface area contributed by atoms with Crippen LogP contribution in [0.2, 0.25) is 0 Å². The van der Waals surface area contributed by atoms with Crippen molar-refractivity contribution in [1.29, 1.82) is 0 Å². The average Bonchev–Trinajstić information content (AvgIpc) is 2.84. The van der Waals surface area contributed by atoms with Gasteiger partial charge in [-0.15, -0.1) is 0 Å². The molecule has 20 heavy (non-hydrogen) atoms. The van der Waals surface area contributed by atoms with Crippen LogP contribution in [0, 0.1) is 11.3 Å². The van der Waals surface area contributed by atoms with Crippen molar-refractivity contribution in [2.24, 2.45) is 11.3 Å². The Balaban J connectivity index is 1.86. The van der Waals surface area contributed by atoms with Crippen molar-refractivity contribution in [2.45, 2.75) is 58.4 Å². The van der Waals surface area contributed by atoms with E-state index in [4.69, 9.17) is 5.11 Å². The van der Waals surface area contributed by atoms with Gasteiger partial charge < -0.3 is 15.3 Å². The number of piperidine rings is 1. The fourth-order valence-electron chi connectivity index (χ4n) is 3.55. The smallest absolute Gasteiger partial charge is 0.326 e. The SMILES string of the molecule is CC(C)[C@@H](NC(=O)N1CCC2(CCCC2)CC1)C(=O)O. The van der Waals surface area contributed by atoms with Gasteiger partial charge in [-0.25, -0.2) is 9.59 Å². The molecule has 1 heterocycles. The topological polar surface area (TPSA) is 69.6 Å². The molecular weight excluding hydrogens is 256 g/mol. The second kappa shape index (κ2) is 6.02. The second-order valence-corrected chi connectivity index (χ2v) is 6.70. The minimum Gasteiger partial charge on any atom is -0.480 e. The summed E-state index contributed by atoms with van der Waals surface area (Å²) in [6.45, 7) is 5.14. The standard InChI is InChI=1S/C15H26N2O3/c1-11(2)12(13(18)19)16-14(20)17-9-7-15(8-10-17)5-3-4-6-15/h11-12H,3-10H2,1-2H3,(H,16,20)(H,18,19)/t12-/m1/s1. The number of hydrogen-bond donors (Lipinski definition) is 2. The minimum atomic E-state index is -0.961. The van der Waals surface area contributed by atoms with E-state index in [1.54, 1.807) is 4.90 Å². The minimum absolute atomic E-state index is 0.109. The van der Waals surface area contributed by atoms with E-state index >= 15 is 0 Å². The number of rotatable bonds is 3. The van der Waals surface area contributed by atoms with Crippen LogP contribution in [-0.4, -0.2) is 41.1 Å². The Hall–Kier alpha value is -1.26. The summed E-state index contributed by atoms with van der Waals surface area (Å²) in [7, 11) is 0. The van der Waals surface area contributed by atoms with Crippen LogP contribution >= 0.6 is 0 Å². The molecule has 0 unspecified atom stereocenters. The van der Waals surface area contributed by atoms with E-state index in [0.29, 0.717) is 5.41 Å². The van der Waals surface area contributed by atoms with Crippen molar-refractivity contribution in [3.05, 3.63) is 0 Å². The molecule has 1 saturated carbocycles. The third-order valence-corrected chi connectivity index (χ3v) is 4.99. The second-order valence-electron chi connectivity index (χ2n) is 6.70. The van der Waals surface area contributed by atoms with Crippen LogP contribution in [0.4, 0.5) is 4.79 Å². The molecule has 114 valence electrons. The van der Waals surface area contributed by atoms with Gasteiger partial charge in [0.1, 0.15) is 6.04 Å². The lowest BCUT2D eigenvalue weighted by molar-refractivity contribution is -0.140. The number of likely N-dealkylation sites (tertiary alicyclic amines) is 1. The first-order valence-electron chi connectivity index (χ1n) is 7.72. The third kappa shape index (κ3) is 3.25. The van der Waals surface area contributed by atoms with Crippen molar-refractivity contribution in [2.75, 3.05) is 13.1 Å². The lowest BCUT2D eigenvalue weighted by atomic mass is 9.77. The summed E-state index contributed by atoms with van der Waals surface area (Å²) in [6, 6.07) is -1.02. The zero-order valence-corrected chi connectivity index (χ0v) is 12.5. The maximum absolute atomic E-state index is 12.2. The van der Waals surface area contributed by atoms with Gasteiger partial charge in [-0.1, -0.05) is 26.7 Å². The van der Waals surface area contributed by atoms with Crippen LogP contribution in [0.25, 0.3) is 0 Å². The number of hydrogen-bond acceptors (Lipinski definition) is 2. The average molecular weight is 282 g/mol. The predicted molar refractivity (Wildman–Crippen MR) is 76.5 cm³/mol. The maximum atomic E-state index is 12.2. The Bertz CT molecular complexity index is 365. The van der Waals surface area contributed by atoms with Crippen molar-refractivity contribution in [3.63, 3.8) is 0 Å². The Morgan fingerprint density at radius 1 is 1.10 bits per heavy atom. The number of carboxylic acid groups (broad SMARTS) is 1. The summed E-state index contributed by atoms with van der Waals surface area (Å²) in [5.74, 6) is -1.07. The first-order chi connectivity index (χ1) is 9.43. The third-order valence-electron chi connectivity index (χ3n) is 4.99. The summed E-state index contributed by atoms with van der Waals surface area (Å²) in [5, 5.41) is 11.8. The number of urea groups is 1. The van der Waals surface area contributed by atoms with Crippen LogP contribution < -0.4 is 5.32 Å². The molecule has 1 aliphatic carbocycles. The van der Waals surface area contributed by atoms with Gasteiger partial charge >= 0.3 is 12.0 Å². The number of aliphatic carboxylic acids is 1. The normalized spacial score (nSPS) is 23.1. The fraction of sp³-hybridized carbons (Fsp3) is 0.867. The molecule has 5 heteroatoms. The van der Waals surface area contributed by atoms with E-state index in [1.165, 1.54) is 25.7 Å². The molecule has 2 fully saturated rings. The largest absolute Gasteiger partial charge is 0.480 e. The molecule has 1 spiro atoms. The molecule has 1 saturated heterocycles. The summed E-state index contributed by atoms with van der Waals surface area (Å²) < 4.78 is 0. The number of nitrogens with one attached hydrogen (secondary N) is 1. The van der Waals surface area contributed by atoms with Crippen LogP contribution in [-0.2, 0) is 4.79 Å². The summed E-state index contributed by atoms with van der Waals surface area (Å²) in [6.07, 6.45) is 7.37. The van der Waals surface area contributed by atoms with E-state index < -0.39 is 12.0 Å². The van der Waals surface area contributed by atoms with Gasteiger partial charge in [-0.3, -0.25) is 0 Å². The van der Waals surface area contributed by atoms with Gasteiger partial charge in [0, 0.05) is 13.1 Å². The Labute approximate surface area is 120 Å². The van der Waals surface area contributed by atoms with E-state index in [-0.39, 0.29) is 11.9 Å². The van der Waals surface area contributed by atoms with E-state index in [1.807, 2.05) is 13.8 Å². The summed E-state index contributed by atoms with van der Waals surface area (Å²) in [4.78, 5) is 25.1. The molecule has 1 aliphatic heterocycles. The number of nitrogens with zero attached hydrogens (tertiary/aromatic N) is 1. The molecule has 0 bridgehead atoms. The lowest BCUT2D eigenvalue weighted by Gasteiger charge is -2.39. The van der Waals surface area contributed by atoms with Gasteiger partial charge in [0.2, 0.25) is 0 Å². The highest BCUT2D eigenvalue weighted by atomic mass is 16.4. The van der Waals surface area contributed by atoms with Crippen molar-refractivity contribution in [3.8, 4) is 0 Å². The summed E-state index contributed by atoms with van der Waals surface area (Å²) >= 11 is 0. The summed E-state index contributed by atoms with van der Waals surface area (Å²) in [5.41, 5.74) is 0.473. The van der Waals surface area contributed by atoms with Crippen molar-refractivity contribution < 1.29 is 14.7 Å². The molecule has 5 nitrogen and oxygen atoms in total. The highest BCUT2D eigenvalue weighted by Crippen LogP contribution is 2.46. The van der Waals surface area contributed by atoms with Gasteiger partial charge in [0.05, 0.1) is 0 Å². The Morgan fingerprint density at radius 2 is 1.65 bits per heavy atom. The molecule has 0 aromatic heterocycles.